The van der Waals surface area contributed by atoms with E-state index in [0.29, 0.717) is 10.00 Å². The number of nitrogens with two attached hydrogens (primary N) is 2. The Morgan fingerprint density at radius 3 is 2.00 bits per heavy atom. The van der Waals surface area contributed by atoms with Crippen LogP contribution in [0.2, 0.25) is 0 Å². The number of H-pyrrole nitrogens is 1. The molecule has 106 valence electrons. The molecule has 0 saturated heterocycles. The zero-order valence-corrected chi connectivity index (χ0v) is 11.3. The van der Waals surface area contributed by atoms with E-state index in [1.165, 1.54) is 13.8 Å². The van der Waals surface area contributed by atoms with Gasteiger partial charge < -0.3 is 11.5 Å². The predicted molar refractivity (Wildman–Crippen MR) is 65.2 cm³/mol. The lowest BCUT2D eigenvalue weighted by atomic mass is 10.4. The molecule has 0 spiro atoms. The van der Waals surface area contributed by atoms with Crippen molar-refractivity contribution in [2.24, 2.45) is 11.5 Å². The number of aromatic nitrogens is 2. The zero-order chi connectivity index (χ0) is 14.8. The number of carbonyl (C=O) groups excluding carboxylic acids is 2. The first-order chi connectivity index (χ1) is 8.66. The smallest absolute Gasteiger partial charge is 0.247 e. The lowest BCUT2D eigenvalue weighted by Gasteiger charge is -2.19. The van der Waals surface area contributed by atoms with Crippen LogP contribution in [0.4, 0.5) is 0 Å². The van der Waals surface area contributed by atoms with Crippen molar-refractivity contribution in [2.75, 3.05) is 13.1 Å². The number of rotatable bonds is 6. The van der Waals surface area contributed by atoms with Gasteiger partial charge in [0.15, 0.2) is 0 Å². The van der Waals surface area contributed by atoms with Crippen LogP contribution in [0.3, 0.4) is 0 Å². The molecule has 5 N–H and O–H groups in total. The van der Waals surface area contributed by atoms with Gasteiger partial charge in [-0.1, -0.05) is 0 Å². The quantitative estimate of drug-likeness (QED) is 0.552. The van der Waals surface area contributed by atoms with Gasteiger partial charge in [-0.2, -0.15) is 9.40 Å². The summed E-state index contributed by atoms with van der Waals surface area (Å²) in [6.07, 6.45) is 0. The van der Waals surface area contributed by atoms with Crippen LogP contribution in [0.25, 0.3) is 0 Å². The van der Waals surface area contributed by atoms with Crippen molar-refractivity contribution in [1.29, 1.82) is 0 Å². The molecule has 0 unspecified atom stereocenters. The number of nitrogens with one attached hydrogen (secondary N) is 1. The highest BCUT2D eigenvalue weighted by Gasteiger charge is 2.31. The first-order valence-electron chi connectivity index (χ1n) is 5.24. The van der Waals surface area contributed by atoms with E-state index in [4.69, 9.17) is 11.5 Å². The van der Waals surface area contributed by atoms with E-state index in [0.717, 1.165) is 0 Å². The summed E-state index contributed by atoms with van der Waals surface area (Å²) >= 11 is 0. The monoisotopic (exact) mass is 289 g/mol. The topological polar surface area (TPSA) is 152 Å². The fraction of sp³-hybridized carbons (Fsp3) is 0.444. The number of hydrogen-bond donors (Lipinski definition) is 3. The van der Waals surface area contributed by atoms with Gasteiger partial charge in [-0.3, -0.25) is 14.7 Å². The second-order valence-corrected chi connectivity index (χ2v) is 5.84. The molecule has 0 radical (unpaired) electrons. The van der Waals surface area contributed by atoms with Crippen molar-refractivity contribution in [3.63, 3.8) is 0 Å². The number of amides is 2. The first kappa shape index (κ1) is 15.1. The maximum absolute atomic E-state index is 12.4. The van der Waals surface area contributed by atoms with E-state index in [1.807, 2.05) is 0 Å². The zero-order valence-electron chi connectivity index (χ0n) is 10.5. The Kier molecular flexibility index (Phi) is 4.27. The molecule has 0 fully saturated rings. The van der Waals surface area contributed by atoms with Crippen molar-refractivity contribution in [1.82, 2.24) is 14.5 Å². The number of hydrogen-bond acceptors (Lipinski definition) is 5. The van der Waals surface area contributed by atoms with E-state index < -0.39 is 34.9 Å². The molecule has 0 saturated carbocycles. The number of aryl methyl sites for hydroxylation is 2. The molecule has 10 heteroatoms. The van der Waals surface area contributed by atoms with Gasteiger partial charge in [-0.05, 0) is 13.8 Å². The van der Waals surface area contributed by atoms with E-state index in [9.17, 15) is 18.0 Å². The predicted octanol–water partition coefficient (Wildman–Crippen LogP) is -2.01. The minimum atomic E-state index is -4.07. The maximum atomic E-state index is 12.4. The summed E-state index contributed by atoms with van der Waals surface area (Å²) in [6, 6.07) is 0. The third-order valence-corrected chi connectivity index (χ3v) is 4.38. The van der Waals surface area contributed by atoms with E-state index >= 15 is 0 Å². The van der Waals surface area contributed by atoms with Gasteiger partial charge in [0.05, 0.1) is 24.5 Å². The molecule has 0 aliphatic heterocycles. The second kappa shape index (κ2) is 5.36. The molecule has 0 bridgehead atoms. The molecular formula is C9H15N5O4S. The lowest BCUT2D eigenvalue weighted by Crippen LogP contribution is -2.43. The number of sulfonamides is 1. The normalized spacial score (nSPS) is 11.7. The summed E-state index contributed by atoms with van der Waals surface area (Å²) in [5, 5.41) is 6.28. The Morgan fingerprint density at radius 1 is 1.21 bits per heavy atom. The molecule has 1 aromatic heterocycles. The largest absolute Gasteiger partial charge is 0.369 e. The molecule has 0 aliphatic rings. The second-order valence-electron chi connectivity index (χ2n) is 3.97. The highest BCUT2D eigenvalue weighted by Crippen LogP contribution is 2.21. The fourth-order valence-electron chi connectivity index (χ4n) is 1.62. The summed E-state index contributed by atoms with van der Waals surface area (Å²) in [7, 11) is -4.07. The van der Waals surface area contributed by atoms with Crippen LogP contribution in [0.1, 0.15) is 11.4 Å². The van der Waals surface area contributed by atoms with Gasteiger partial charge in [0.1, 0.15) is 4.90 Å². The summed E-state index contributed by atoms with van der Waals surface area (Å²) in [5.74, 6) is -1.77. The Bertz CT molecular complexity index is 571. The van der Waals surface area contributed by atoms with Crippen molar-refractivity contribution < 1.29 is 18.0 Å². The molecule has 19 heavy (non-hydrogen) atoms. The molecule has 1 aromatic rings. The molecule has 0 aromatic carbocycles. The van der Waals surface area contributed by atoms with Crippen LogP contribution in [-0.4, -0.2) is 47.8 Å². The minimum Gasteiger partial charge on any atom is -0.369 e. The minimum absolute atomic E-state index is 0.0880. The van der Waals surface area contributed by atoms with Crippen LogP contribution < -0.4 is 11.5 Å². The van der Waals surface area contributed by atoms with Crippen molar-refractivity contribution in [2.45, 2.75) is 18.7 Å². The van der Waals surface area contributed by atoms with E-state index in [2.05, 4.69) is 10.2 Å². The number of nitrogens with zero attached hydrogens (tertiary/aromatic N) is 2. The van der Waals surface area contributed by atoms with Gasteiger partial charge >= 0.3 is 0 Å². The molecule has 2 amide bonds. The summed E-state index contributed by atoms with van der Waals surface area (Å²) in [6.45, 7) is 1.74. The Hall–Kier alpha value is -1.94. The van der Waals surface area contributed by atoms with Gasteiger partial charge in [0.25, 0.3) is 0 Å². The third kappa shape index (κ3) is 3.29. The van der Waals surface area contributed by atoms with Crippen LogP contribution in [0, 0.1) is 13.8 Å². The Labute approximate surface area is 110 Å². The van der Waals surface area contributed by atoms with Crippen molar-refractivity contribution in [3.05, 3.63) is 11.4 Å². The standard InChI is InChI=1S/C9H15N5O4S/c1-5-9(6(2)13-12-5)19(17,18)14(3-7(10)15)4-8(11)16/h3-4H2,1-2H3,(H2,10,15)(H2,11,16)(H,12,13). The van der Waals surface area contributed by atoms with Gasteiger partial charge in [-0.15, -0.1) is 0 Å². The lowest BCUT2D eigenvalue weighted by molar-refractivity contribution is -0.120. The van der Waals surface area contributed by atoms with Gasteiger partial charge in [0.2, 0.25) is 21.8 Å². The molecule has 9 nitrogen and oxygen atoms in total. The van der Waals surface area contributed by atoms with Crippen LogP contribution >= 0.6 is 0 Å². The van der Waals surface area contributed by atoms with Crippen LogP contribution in [0.5, 0.6) is 0 Å². The van der Waals surface area contributed by atoms with Crippen molar-refractivity contribution in [3.8, 4) is 0 Å². The average molecular weight is 289 g/mol. The summed E-state index contributed by atoms with van der Waals surface area (Å²) in [4.78, 5) is 21.7. The highest BCUT2D eigenvalue weighted by atomic mass is 32.2. The molecule has 0 atom stereocenters. The Balaban J connectivity index is 3.27. The number of aromatic amines is 1. The Morgan fingerprint density at radius 2 is 1.68 bits per heavy atom. The average Bonchev–Trinajstić information content (AvgIpc) is 2.56. The van der Waals surface area contributed by atoms with E-state index in [1.54, 1.807) is 0 Å². The van der Waals surface area contributed by atoms with Gasteiger partial charge in [-0.25, -0.2) is 8.42 Å². The molecule has 0 aliphatic carbocycles. The maximum Gasteiger partial charge on any atom is 0.247 e. The summed E-state index contributed by atoms with van der Waals surface area (Å²) in [5.41, 5.74) is 10.5. The van der Waals surface area contributed by atoms with E-state index in [-0.39, 0.29) is 10.6 Å². The van der Waals surface area contributed by atoms with Crippen molar-refractivity contribution >= 4 is 21.8 Å². The molecule has 1 rings (SSSR count). The number of primary amides is 2. The molecular weight excluding hydrogens is 274 g/mol. The fourth-order valence-corrected chi connectivity index (χ4v) is 3.33. The highest BCUT2D eigenvalue weighted by molar-refractivity contribution is 7.89. The summed E-state index contributed by atoms with van der Waals surface area (Å²) < 4.78 is 25.3. The molecule has 1 heterocycles. The third-order valence-electron chi connectivity index (χ3n) is 2.32. The SMILES string of the molecule is Cc1n[nH]c(C)c1S(=O)(=O)N(CC(N)=O)CC(N)=O. The number of carbonyl (C=O) groups is 2. The van der Waals surface area contributed by atoms with Gasteiger partial charge in [0, 0.05) is 0 Å². The van der Waals surface area contributed by atoms with Crippen LogP contribution in [0.15, 0.2) is 4.90 Å². The first-order valence-corrected chi connectivity index (χ1v) is 6.68. The van der Waals surface area contributed by atoms with Crippen LogP contribution in [-0.2, 0) is 19.6 Å².